The van der Waals surface area contributed by atoms with Crippen LogP contribution in [0.15, 0.2) is 0 Å². The predicted molar refractivity (Wildman–Crippen MR) is 69.3 cm³/mol. The summed E-state index contributed by atoms with van der Waals surface area (Å²) in [6, 6.07) is -0.476. The van der Waals surface area contributed by atoms with Crippen LogP contribution >= 0.6 is 0 Å². The highest BCUT2D eigenvalue weighted by Gasteiger charge is 2.50. The van der Waals surface area contributed by atoms with Gasteiger partial charge in [-0.3, -0.25) is 4.79 Å². The summed E-state index contributed by atoms with van der Waals surface area (Å²) in [5, 5.41) is 9.46. The predicted octanol–water partition coefficient (Wildman–Crippen LogP) is 0.825. The maximum absolute atomic E-state index is 12.5. The van der Waals surface area contributed by atoms with Crippen molar-refractivity contribution in [1.29, 1.82) is 0 Å². The molecule has 3 N–H and O–H groups in total. The highest BCUT2D eigenvalue weighted by atomic mass is 16.4. The molecule has 0 spiro atoms. The van der Waals surface area contributed by atoms with Crippen LogP contribution in [0.5, 0.6) is 0 Å². The second-order valence-electron chi connectivity index (χ2n) is 6.40. The molecule has 5 atom stereocenters. The molecular weight excluding hydrogens is 244 g/mol. The molecule has 0 aromatic carbocycles. The number of carboxylic acids is 1. The molecule has 2 aliphatic carbocycles. The van der Waals surface area contributed by atoms with Gasteiger partial charge in [-0.05, 0) is 43.9 Å². The molecule has 0 bridgehead atoms. The molecule has 0 radical (unpaired) electrons. The zero-order valence-electron chi connectivity index (χ0n) is 11.1. The van der Waals surface area contributed by atoms with E-state index in [0.29, 0.717) is 12.5 Å². The van der Waals surface area contributed by atoms with Crippen LogP contribution in [0, 0.1) is 17.8 Å². The minimum atomic E-state index is -0.829. The Kier molecular flexibility index (Phi) is 3.25. The Balaban J connectivity index is 1.76. The van der Waals surface area contributed by atoms with E-state index >= 15 is 0 Å². The molecule has 5 heteroatoms. The first-order valence-corrected chi connectivity index (χ1v) is 7.36. The molecular formula is C14H22N2O3. The maximum atomic E-state index is 12.5. The summed E-state index contributed by atoms with van der Waals surface area (Å²) in [6.07, 6.45) is 5.55. The monoisotopic (exact) mass is 266 g/mol. The van der Waals surface area contributed by atoms with E-state index in [1.807, 2.05) is 0 Å². The number of nitrogens with two attached hydrogens (primary N) is 1. The van der Waals surface area contributed by atoms with Crippen molar-refractivity contribution in [3.8, 4) is 0 Å². The van der Waals surface area contributed by atoms with Gasteiger partial charge in [0.1, 0.15) is 6.04 Å². The van der Waals surface area contributed by atoms with Crippen LogP contribution in [-0.2, 0) is 9.59 Å². The summed E-state index contributed by atoms with van der Waals surface area (Å²) in [5.41, 5.74) is 5.86. The lowest BCUT2D eigenvalue weighted by atomic mass is 9.94. The third-order valence-corrected chi connectivity index (χ3v) is 5.25. The number of carboxylic acid groups (broad SMARTS) is 1. The summed E-state index contributed by atoms with van der Waals surface area (Å²) in [4.78, 5) is 25.7. The molecule has 0 aromatic rings. The molecule has 5 unspecified atom stereocenters. The SMILES string of the molecule is NC1CCC(C(=O)N2CC3CCCC3C2C(=O)O)C1. The fourth-order valence-electron chi connectivity index (χ4n) is 4.32. The first-order chi connectivity index (χ1) is 9.08. The van der Waals surface area contributed by atoms with E-state index in [1.165, 1.54) is 0 Å². The molecule has 5 nitrogen and oxygen atoms in total. The van der Waals surface area contributed by atoms with E-state index in [9.17, 15) is 14.7 Å². The summed E-state index contributed by atoms with van der Waals surface area (Å²) in [7, 11) is 0. The summed E-state index contributed by atoms with van der Waals surface area (Å²) >= 11 is 0. The minimum Gasteiger partial charge on any atom is -0.480 e. The average molecular weight is 266 g/mol. The van der Waals surface area contributed by atoms with Crippen LogP contribution in [0.3, 0.4) is 0 Å². The minimum absolute atomic E-state index is 0.0368. The zero-order chi connectivity index (χ0) is 13.6. The third kappa shape index (κ3) is 2.14. The van der Waals surface area contributed by atoms with Gasteiger partial charge in [0, 0.05) is 18.5 Å². The quantitative estimate of drug-likeness (QED) is 0.775. The standard InChI is InChI=1S/C14H22N2O3/c15-10-5-4-8(6-10)13(17)16-7-9-2-1-3-11(9)12(16)14(18)19/h8-12H,1-7,15H2,(H,18,19). The number of fused-ring (bicyclic) bond motifs is 1. The molecule has 3 aliphatic rings. The Morgan fingerprint density at radius 2 is 1.95 bits per heavy atom. The maximum Gasteiger partial charge on any atom is 0.326 e. The van der Waals surface area contributed by atoms with Gasteiger partial charge in [-0.1, -0.05) is 6.42 Å². The van der Waals surface area contributed by atoms with Crippen LogP contribution in [-0.4, -0.2) is 40.5 Å². The molecule has 3 fully saturated rings. The van der Waals surface area contributed by atoms with Crippen LogP contribution in [0.4, 0.5) is 0 Å². The Hall–Kier alpha value is -1.10. The number of aliphatic carboxylic acids is 1. The Morgan fingerprint density at radius 1 is 1.16 bits per heavy atom. The number of carbonyl (C=O) groups excluding carboxylic acids is 1. The first-order valence-electron chi connectivity index (χ1n) is 7.36. The van der Waals surface area contributed by atoms with Crippen molar-refractivity contribution in [3.63, 3.8) is 0 Å². The average Bonchev–Trinajstić information content (AvgIpc) is 3.00. The van der Waals surface area contributed by atoms with Crippen LogP contribution in [0.25, 0.3) is 0 Å². The van der Waals surface area contributed by atoms with E-state index < -0.39 is 12.0 Å². The molecule has 0 aromatic heterocycles. The van der Waals surface area contributed by atoms with E-state index in [2.05, 4.69) is 0 Å². The smallest absolute Gasteiger partial charge is 0.326 e. The summed E-state index contributed by atoms with van der Waals surface area (Å²) in [6.45, 7) is 0.645. The molecule has 2 saturated carbocycles. The molecule has 1 aliphatic heterocycles. The second kappa shape index (κ2) is 4.78. The summed E-state index contributed by atoms with van der Waals surface area (Å²) in [5.74, 6) is -0.257. The van der Waals surface area contributed by atoms with Gasteiger partial charge in [0.05, 0.1) is 0 Å². The van der Waals surface area contributed by atoms with Gasteiger partial charge in [-0.15, -0.1) is 0 Å². The zero-order valence-corrected chi connectivity index (χ0v) is 11.1. The number of likely N-dealkylation sites (tertiary alicyclic amines) is 1. The number of hydrogen-bond acceptors (Lipinski definition) is 3. The number of nitrogens with zero attached hydrogens (tertiary/aromatic N) is 1. The van der Waals surface area contributed by atoms with Crippen molar-refractivity contribution < 1.29 is 14.7 Å². The number of hydrogen-bond donors (Lipinski definition) is 2. The number of carbonyl (C=O) groups is 2. The highest BCUT2D eigenvalue weighted by Crippen LogP contribution is 2.43. The number of rotatable bonds is 2. The van der Waals surface area contributed by atoms with Crippen LogP contribution in [0.1, 0.15) is 38.5 Å². The normalized spacial score (nSPS) is 41.5. The highest BCUT2D eigenvalue weighted by molar-refractivity contribution is 5.86. The summed E-state index contributed by atoms with van der Waals surface area (Å²) < 4.78 is 0. The fraction of sp³-hybridized carbons (Fsp3) is 0.857. The molecule has 106 valence electrons. The van der Waals surface area contributed by atoms with Gasteiger partial charge in [0.25, 0.3) is 0 Å². The third-order valence-electron chi connectivity index (χ3n) is 5.25. The molecule has 1 heterocycles. The van der Waals surface area contributed by atoms with Crippen molar-refractivity contribution in [2.45, 2.75) is 50.6 Å². The van der Waals surface area contributed by atoms with E-state index in [1.54, 1.807) is 4.90 Å². The van der Waals surface area contributed by atoms with E-state index in [0.717, 1.165) is 38.5 Å². The van der Waals surface area contributed by atoms with Crippen LogP contribution < -0.4 is 5.73 Å². The van der Waals surface area contributed by atoms with Crippen LogP contribution in [0.2, 0.25) is 0 Å². The van der Waals surface area contributed by atoms with Gasteiger partial charge in [0.15, 0.2) is 0 Å². The van der Waals surface area contributed by atoms with Crippen molar-refractivity contribution in [3.05, 3.63) is 0 Å². The van der Waals surface area contributed by atoms with Crippen molar-refractivity contribution in [2.24, 2.45) is 23.5 Å². The second-order valence-corrected chi connectivity index (χ2v) is 6.40. The van der Waals surface area contributed by atoms with Gasteiger partial charge >= 0.3 is 5.97 Å². The van der Waals surface area contributed by atoms with Crippen molar-refractivity contribution in [1.82, 2.24) is 4.90 Å². The fourth-order valence-corrected chi connectivity index (χ4v) is 4.32. The molecule has 1 amide bonds. The van der Waals surface area contributed by atoms with Crippen molar-refractivity contribution in [2.75, 3.05) is 6.54 Å². The Morgan fingerprint density at radius 3 is 2.58 bits per heavy atom. The molecule has 19 heavy (non-hydrogen) atoms. The lowest BCUT2D eigenvalue weighted by Crippen LogP contribution is -2.45. The number of amides is 1. The molecule has 1 saturated heterocycles. The lowest BCUT2D eigenvalue weighted by molar-refractivity contribution is -0.151. The van der Waals surface area contributed by atoms with E-state index in [-0.39, 0.29) is 23.8 Å². The lowest BCUT2D eigenvalue weighted by Gasteiger charge is -2.27. The Labute approximate surface area is 113 Å². The van der Waals surface area contributed by atoms with Gasteiger partial charge < -0.3 is 15.7 Å². The van der Waals surface area contributed by atoms with Crippen molar-refractivity contribution >= 4 is 11.9 Å². The van der Waals surface area contributed by atoms with E-state index in [4.69, 9.17) is 5.73 Å². The largest absolute Gasteiger partial charge is 0.480 e. The topological polar surface area (TPSA) is 83.6 Å². The van der Waals surface area contributed by atoms with Gasteiger partial charge in [-0.25, -0.2) is 4.79 Å². The first kappa shape index (κ1) is 12.9. The molecule has 3 rings (SSSR count). The van der Waals surface area contributed by atoms with Gasteiger partial charge in [0.2, 0.25) is 5.91 Å². The Bertz CT molecular complexity index is 398. The van der Waals surface area contributed by atoms with Gasteiger partial charge in [-0.2, -0.15) is 0 Å².